The first kappa shape index (κ1) is 12.1. The maximum absolute atomic E-state index is 14.1. The molecule has 0 fully saturated rings. The Kier molecular flexibility index (Phi) is 2.96. The van der Waals surface area contributed by atoms with Gasteiger partial charge in [-0.1, -0.05) is 41.9 Å². The van der Waals surface area contributed by atoms with Crippen LogP contribution in [0.15, 0.2) is 48.5 Å². The van der Waals surface area contributed by atoms with Gasteiger partial charge in [0, 0.05) is 22.2 Å². The first-order chi connectivity index (χ1) is 9.16. The normalized spacial score (nSPS) is 10.9. The van der Waals surface area contributed by atoms with Crippen molar-refractivity contribution in [2.45, 2.75) is 6.92 Å². The standard InChI is InChI=1S/C16H11ClFN/c1-10-8-9-11-4-2-5-12(16(11)19-10)15-13(17)6-3-7-14(15)18/h2-9H,1H3. The number of pyridine rings is 1. The fourth-order valence-electron chi connectivity index (χ4n) is 2.20. The van der Waals surface area contributed by atoms with E-state index in [0.29, 0.717) is 10.6 Å². The van der Waals surface area contributed by atoms with Crippen molar-refractivity contribution in [3.63, 3.8) is 0 Å². The molecule has 0 amide bonds. The van der Waals surface area contributed by atoms with E-state index in [2.05, 4.69) is 4.98 Å². The number of para-hydroxylation sites is 1. The van der Waals surface area contributed by atoms with Gasteiger partial charge in [0.15, 0.2) is 0 Å². The molecular weight excluding hydrogens is 261 g/mol. The Bertz CT molecular complexity index is 748. The summed E-state index contributed by atoms with van der Waals surface area (Å²) in [6.45, 7) is 1.92. The van der Waals surface area contributed by atoms with Gasteiger partial charge in [0.1, 0.15) is 5.82 Å². The highest BCUT2D eigenvalue weighted by molar-refractivity contribution is 6.33. The summed E-state index contributed by atoms with van der Waals surface area (Å²) in [6.07, 6.45) is 0. The first-order valence-corrected chi connectivity index (χ1v) is 6.35. The van der Waals surface area contributed by atoms with Gasteiger partial charge in [-0.2, -0.15) is 0 Å². The lowest BCUT2D eigenvalue weighted by Crippen LogP contribution is -1.91. The highest BCUT2D eigenvalue weighted by atomic mass is 35.5. The van der Waals surface area contributed by atoms with Crippen LogP contribution in [0.2, 0.25) is 5.02 Å². The van der Waals surface area contributed by atoms with E-state index in [9.17, 15) is 4.39 Å². The number of aromatic nitrogens is 1. The highest BCUT2D eigenvalue weighted by Gasteiger charge is 2.13. The molecule has 1 heterocycles. The molecule has 3 heteroatoms. The van der Waals surface area contributed by atoms with E-state index in [1.165, 1.54) is 6.07 Å². The van der Waals surface area contributed by atoms with Crippen molar-refractivity contribution in [1.82, 2.24) is 4.98 Å². The van der Waals surface area contributed by atoms with Crippen LogP contribution in [0.5, 0.6) is 0 Å². The summed E-state index contributed by atoms with van der Waals surface area (Å²) in [7, 11) is 0. The molecule has 0 aliphatic rings. The van der Waals surface area contributed by atoms with Gasteiger partial charge in [-0.05, 0) is 25.1 Å². The van der Waals surface area contributed by atoms with E-state index in [1.807, 2.05) is 37.3 Å². The van der Waals surface area contributed by atoms with Crippen molar-refractivity contribution in [2.24, 2.45) is 0 Å². The van der Waals surface area contributed by atoms with Crippen molar-refractivity contribution in [1.29, 1.82) is 0 Å². The lowest BCUT2D eigenvalue weighted by Gasteiger charge is -2.09. The second kappa shape index (κ2) is 4.63. The predicted molar refractivity (Wildman–Crippen MR) is 76.9 cm³/mol. The summed E-state index contributed by atoms with van der Waals surface area (Å²) in [5.74, 6) is -0.330. The number of halogens is 2. The summed E-state index contributed by atoms with van der Waals surface area (Å²) in [6, 6.07) is 14.3. The zero-order valence-electron chi connectivity index (χ0n) is 10.3. The molecule has 94 valence electrons. The Morgan fingerprint density at radius 2 is 1.79 bits per heavy atom. The summed E-state index contributed by atoms with van der Waals surface area (Å²) in [4.78, 5) is 4.51. The molecule has 0 N–H and O–H groups in total. The molecule has 0 spiro atoms. The van der Waals surface area contributed by atoms with Crippen molar-refractivity contribution >= 4 is 22.5 Å². The Morgan fingerprint density at radius 1 is 1.00 bits per heavy atom. The topological polar surface area (TPSA) is 12.9 Å². The molecule has 0 unspecified atom stereocenters. The molecule has 0 bridgehead atoms. The van der Waals surface area contributed by atoms with Crippen LogP contribution in [-0.4, -0.2) is 4.98 Å². The fraction of sp³-hybridized carbons (Fsp3) is 0.0625. The van der Waals surface area contributed by atoms with Gasteiger partial charge in [0.05, 0.1) is 10.5 Å². The number of aryl methyl sites for hydroxylation is 1. The molecule has 3 aromatic rings. The smallest absolute Gasteiger partial charge is 0.132 e. The fourth-order valence-corrected chi connectivity index (χ4v) is 2.47. The van der Waals surface area contributed by atoms with E-state index in [0.717, 1.165) is 22.2 Å². The van der Waals surface area contributed by atoms with Crippen molar-refractivity contribution in [2.75, 3.05) is 0 Å². The molecule has 2 aromatic carbocycles. The third-order valence-corrected chi connectivity index (χ3v) is 3.41. The van der Waals surface area contributed by atoms with Gasteiger partial charge in [-0.25, -0.2) is 4.39 Å². The van der Waals surface area contributed by atoms with Crippen LogP contribution in [0.3, 0.4) is 0 Å². The molecular formula is C16H11ClFN. The molecule has 0 aliphatic carbocycles. The molecule has 0 radical (unpaired) electrons. The molecule has 0 atom stereocenters. The molecule has 0 saturated carbocycles. The minimum absolute atomic E-state index is 0.330. The maximum atomic E-state index is 14.1. The average molecular weight is 272 g/mol. The number of fused-ring (bicyclic) bond motifs is 1. The van der Waals surface area contributed by atoms with Crippen LogP contribution in [0.25, 0.3) is 22.0 Å². The molecule has 19 heavy (non-hydrogen) atoms. The molecule has 1 nitrogen and oxygen atoms in total. The molecule has 0 saturated heterocycles. The van der Waals surface area contributed by atoms with Crippen LogP contribution >= 0.6 is 11.6 Å². The highest BCUT2D eigenvalue weighted by Crippen LogP contribution is 2.34. The second-order valence-electron chi connectivity index (χ2n) is 4.43. The van der Waals surface area contributed by atoms with E-state index < -0.39 is 0 Å². The van der Waals surface area contributed by atoms with Gasteiger partial charge >= 0.3 is 0 Å². The third kappa shape index (κ3) is 2.08. The van der Waals surface area contributed by atoms with Crippen LogP contribution < -0.4 is 0 Å². The van der Waals surface area contributed by atoms with Crippen molar-refractivity contribution in [3.05, 3.63) is 65.1 Å². The summed E-state index contributed by atoms with van der Waals surface area (Å²) >= 11 is 6.14. The number of nitrogens with zero attached hydrogens (tertiary/aromatic N) is 1. The zero-order valence-corrected chi connectivity index (χ0v) is 11.1. The third-order valence-electron chi connectivity index (χ3n) is 3.09. The Balaban J connectivity index is 2.40. The summed E-state index contributed by atoms with van der Waals surface area (Å²) in [5.41, 5.74) is 2.80. The number of hydrogen-bond acceptors (Lipinski definition) is 1. The number of rotatable bonds is 1. The van der Waals surface area contributed by atoms with Crippen molar-refractivity contribution in [3.8, 4) is 11.1 Å². The Morgan fingerprint density at radius 3 is 2.58 bits per heavy atom. The Labute approximate surface area is 115 Å². The van der Waals surface area contributed by atoms with Gasteiger partial charge in [0.2, 0.25) is 0 Å². The quantitative estimate of drug-likeness (QED) is 0.607. The lowest BCUT2D eigenvalue weighted by molar-refractivity contribution is 0.631. The summed E-state index contributed by atoms with van der Waals surface area (Å²) in [5, 5.41) is 1.37. The van der Waals surface area contributed by atoms with Crippen LogP contribution in [-0.2, 0) is 0 Å². The number of hydrogen-bond donors (Lipinski definition) is 0. The summed E-state index contributed by atoms with van der Waals surface area (Å²) < 4.78 is 14.1. The maximum Gasteiger partial charge on any atom is 0.132 e. The average Bonchev–Trinajstić information content (AvgIpc) is 2.39. The van der Waals surface area contributed by atoms with E-state index in [4.69, 9.17) is 11.6 Å². The molecule has 3 rings (SSSR count). The number of benzene rings is 2. The van der Waals surface area contributed by atoms with E-state index in [1.54, 1.807) is 12.1 Å². The van der Waals surface area contributed by atoms with E-state index >= 15 is 0 Å². The molecule has 0 aliphatic heterocycles. The predicted octanol–water partition coefficient (Wildman–Crippen LogP) is 5.00. The minimum Gasteiger partial charge on any atom is -0.252 e. The van der Waals surface area contributed by atoms with Gasteiger partial charge in [-0.3, -0.25) is 4.98 Å². The monoisotopic (exact) mass is 271 g/mol. The lowest BCUT2D eigenvalue weighted by atomic mass is 10.0. The van der Waals surface area contributed by atoms with Gasteiger partial charge in [-0.15, -0.1) is 0 Å². The Hall–Kier alpha value is -1.93. The first-order valence-electron chi connectivity index (χ1n) is 5.97. The van der Waals surface area contributed by atoms with Crippen LogP contribution in [0, 0.1) is 12.7 Å². The van der Waals surface area contributed by atoms with Crippen LogP contribution in [0.4, 0.5) is 4.39 Å². The second-order valence-corrected chi connectivity index (χ2v) is 4.83. The van der Waals surface area contributed by atoms with Crippen molar-refractivity contribution < 1.29 is 4.39 Å². The SMILES string of the molecule is Cc1ccc2cccc(-c3c(F)cccc3Cl)c2n1. The molecule has 1 aromatic heterocycles. The van der Waals surface area contributed by atoms with Crippen LogP contribution in [0.1, 0.15) is 5.69 Å². The zero-order chi connectivity index (χ0) is 13.4. The van der Waals surface area contributed by atoms with E-state index in [-0.39, 0.29) is 5.82 Å². The van der Waals surface area contributed by atoms with Gasteiger partial charge in [0.25, 0.3) is 0 Å². The largest absolute Gasteiger partial charge is 0.252 e. The van der Waals surface area contributed by atoms with Gasteiger partial charge < -0.3 is 0 Å². The minimum atomic E-state index is -0.330.